The van der Waals surface area contributed by atoms with E-state index in [9.17, 15) is 9.90 Å². The molecule has 4 heteroatoms. The third-order valence-corrected chi connectivity index (χ3v) is 5.98. The molecule has 1 unspecified atom stereocenters. The molecule has 0 amide bonds. The zero-order chi connectivity index (χ0) is 16.7. The summed E-state index contributed by atoms with van der Waals surface area (Å²) in [6.45, 7) is 0.704. The maximum absolute atomic E-state index is 12.3. The normalized spacial score (nSPS) is 19.5. The number of quaternary nitrogens is 1. The van der Waals surface area contributed by atoms with Gasteiger partial charge in [0.1, 0.15) is 12.3 Å². The zero-order valence-corrected chi connectivity index (χ0v) is 14.4. The average Bonchev–Trinajstić information content (AvgIpc) is 3.09. The second-order valence-electron chi connectivity index (χ2n) is 7.50. The van der Waals surface area contributed by atoms with Gasteiger partial charge in [-0.3, -0.25) is 0 Å². The SMILES string of the molecule is C[NH+](Cc1c(O)ccc2c3c(c(=O)oc12)CCC3)C1CCCCC1. The molecule has 0 radical (unpaired) electrons. The van der Waals surface area contributed by atoms with E-state index in [2.05, 4.69) is 7.05 Å². The standard InChI is InChI=1S/C20H25NO3/c1-21(13-6-3-2-4-7-13)12-17-18(22)11-10-15-14-8-5-9-16(14)20(23)24-19(15)17/h10-11,13,22H,2-9,12H2,1H3/p+1. The monoisotopic (exact) mass is 328 g/mol. The summed E-state index contributed by atoms with van der Waals surface area (Å²) >= 11 is 0. The second kappa shape index (κ2) is 6.25. The summed E-state index contributed by atoms with van der Waals surface area (Å²) in [5.41, 5.74) is 3.17. The van der Waals surface area contributed by atoms with Crippen LogP contribution in [0.15, 0.2) is 21.3 Å². The van der Waals surface area contributed by atoms with Crippen molar-refractivity contribution in [1.82, 2.24) is 0 Å². The van der Waals surface area contributed by atoms with Crippen molar-refractivity contribution in [1.29, 1.82) is 0 Å². The summed E-state index contributed by atoms with van der Waals surface area (Å²) in [7, 11) is 2.19. The fraction of sp³-hybridized carbons (Fsp3) is 0.550. The van der Waals surface area contributed by atoms with Gasteiger partial charge in [-0.15, -0.1) is 0 Å². The molecule has 4 nitrogen and oxygen atoms in total. The maximum Gasteiger partial charge on any atom is 0.339 e. The molecule has 2 aliphatic rings. The number of nitrogens with one attached hydrogen (secondary N) is 1. The van der Waals surface area contributed by atoms with Gasteiger partial charge in [-0.2, -0.15) is 0 Å². The van der Waals surface area contributed by atoms with Crippen LogP contribution in [0, 0.1) is 0 Å². The number of hydrogen-bond donors (Lipinski definition) is 2. The Labute approximate surface area is 142 Å². The van der Waals surface area contributed by atoms with Gasteiger partial charge < -0.3 is 14.4 Å². The van der Waals surface area contributed by atoms with Gasteiger partial charge in [0.2, 0.25) is 0 Å². The van der Waals surface area contributed by atoms with Crippen LogP contribution in [0.4, 0.5) is 0 Å². The Morgan fingerprint density at radius 3 is 2.67 bits per heavy atom. The van der Waals surface area contributed by atoms with Gasteiger partial charge in [0.15, 0.2) is 5.58 Å². The first-order chi connectivity index (χ1) is 11.6. The van der Waals surface area contributed by atoms with Crippen LogP contribution in [0.2, 0.25) is 0 Å². The van der Waals surface area contributed by atoms with Gasteiger partial charge in [0.25, 0.3) is 0 Å². The van der Waals surface area contributed by atoms with Crippen LogP contribution >= 0.6 is 0 Å². The molecule has 1 atom stereocenters. The van der Waals surface area contributed by atoms with Crippen molar-refractivity contribution in [3.63, 3.8) is 0 Å². The van der Waals surface area contributed by atoms with Crippen molar-refractivity contribution in [2.24, 2.45) is 0 Å². The minimum absolute atomic E-state index is 0.211. The molecule has 0 spiro atoms. The van der Waals surface area contributed by atoms with E-state index in [1.165, 1.54) is 37.0 Å². The van der Waals surface area contributed by atoms with Crippen molar-refractivity contribution in [2.45, 2.75) is 64.0 Å². The van der Waals surface area contributed by atoms with Crippen molar-refractivity contribution in [3.8, 4) is 5.75 Å². The Morgan fingerprint density at radius 1 is 1.12 bits per heavy atom. The third-order valence-electron chi connectivity index (χ3n) is 5.98. The van der Waals surface area contributed by atoms with Gasteiger partial charge >= 0.3 is 5.63 Å². The lowest BCUT2D eigenvalue weighted by atomic mass is 9.94. The molecule has 1 heterocycles. The summed E-state index contributed by atoms with van der Waals surface area (Å²) in [6, 6.07) is 4.32. The third kappa shape index (κ3) is 2.63. The van der Waals surface area contributed by atoms with Crippen molar-refractivity contribution >= 4 is 11.0 Å². The highest BCUT2D eigenvalue weighted by Gasteiger charge is 2.26. The number of rotatable bonds is 3. The molecular formula is C20H26NO3+. The highest BCUT2D eigenvalue weighted by molar-refractivity contribution is 5.86. The largest absolute Gasteiger partial charge is 0.507 e. The summed E-state index contributed by atoms with van der Waals surface area (Å²) < 4.78 is 5.68. The Balaban J connectivity index is 1.76. The average molecular weight is 328 g/mol. The van der Waals surface area contributed by atoms with E-state index in [-0.39, 0.29) is 11.4 Å². The first-order valence-corrected chi connectivity index (χ1v) is 9.27. The Morgan fingerprint density at radius 2 is 1.88 bits per heavy atom. The van der Waals surface area contributed by atoms with Gasteiger partial charge in [-0.1, -0.05) is 6.42 Å². The van der Waals surface area contributed by atoms with Gasteiger partial charge in [0, 0.05) is 10.9 Å². The molecule has 2 aromatic rings. The van der Waals surface area contributed by atoms with Crippen molar-refractivity contribution in [2.75, 3.05) is 7.05 Å². The lowest BCUT2D eigenvalue weighted by molar-refractivity contribution is -0.921. The lowest BCUT2D eigenvalue weighted by Crippen LogP contribution is -3.11. The fourth-order valence-corrected chi connectivity index (χ4v) is 4.58. The number of hydrogen-bond acceptors (Lipinski definition) is 3. The maximum atomic E-state index is 12.3. The van der Waals surface area contributed by atoms with Crippen LogP contribution in [0.5, 0.6) is 5.75 Å². The van der Waals surface area contributed by atoms with E-state index in [0.717, 1.165) is 41.3 Å². The Kier molecular flexibility index (Phi) is 4.09. The number of fused-ring (bicyclic) bond motifs is 3. The van der Waals surface area contributed by atoms with Crippen LogP contribution in [0.1, 0.15) is 55.2 Å². The molecule has 1 fully saturated rings. The van der Waals surface area contributed by atoms with E-state index >= 15 is 0 Å². The highest BCUT2D eigenvalue weighted by atomic mass is 16.4. The minimum atomic E-state index is -0.211. The van der Waals surface area contributed by atoms with E-state index in [1.807, 2.05) is 6.07 Å². The molecule has 2 N–H and O–H groups in total. The highest BCUT2D eigenvalue weighted by Crippen LogP contribution is 2.32. The summed E-state index contributed by atoms with van der Waals surface area (Å²) in [4.78, 5) is 13.7. The van der Waals surface area contributed by atoms with Crippen LogP contribution in [0.3, 0.4) is 0 Å². The lowest BCUT2D eigenvalue weighted by Gasteiger charge is -2.28. The quantitative estimate of drug-likeness (QED) is 0.850. The van der Waals surface area contributed by atoms with Crippen molar-refractivity contribution < 1.29 is 14.4 Å². The first kappa shape index (κ1) is 15.7. The van der Waals surface area contributed by atoms with E-state index in [0.29, 0.717) is 18.2 Å². The molecule has 1 saturated carbocycles. The predicted octanol–water partition coefficient (Wildman–Crippen LogP) is 2.33. The fourth-order valence-electron chi connectivity index (χ4n) is 4.58. The van der Waals surface area contributed by atoms with Crippen LogP contribution in [-0.4, -0.2) is 18.2 Å². The molecule has 128 valence electrons. The number of phenolic OH excluding ortho intramolecular Hbond substituents is 1. The molecule has 2 aliphatic carbocycles. The first-order valence-electron chi connectivity index (χ1n) is 9.27. The van der Waals surface area contributed by atoms with E-state index in [1.54, 1.807) is 6.07 Å². The number of aryl methyl sites for hydroxylation is 1. The number of aromatic hydroxyl groups is 1. The smallest absolute Gasteiger partial charge is 0.339 e. The molecule has 0 bridgehead atoms. The Hall–Kier alpha value is -1.81. The van der Waals surface area contributed by atoms with Gasteiger partial charge in [-0.05, 0) is 62.6 Å². The topological polar surface area (TPSA) is 54.9 Å². The molecule has 4 rings (SSSR count). The predicted molar refractivity (Wildman–Crippen MR) is 93.6 cm³/mol. The second-order valence-corrected chi connectivity index (χ2v) is 7.50. The molecular weight excluding hydrogens is 302 g/mol. The molecule has 24 heavy (non-hydrogen) atoms. The molecule has 0 saturated heterocycles. The molecule has 0 aliphatic heterocycles. The number of benzene rings is 1. The van der Waals surface area contributed by atoms with Gasteiger partial charge in [-0.25, -0.2) is 4.79 Å². The molecule has 1 aromatic heterocycles. The van der Waals surface area contributed by atoms with Crippen LogP contribution in [0.25, 0.3) is 11.0 Å². The van der Waals surface area contributed by atoms with Crippen LogP contribution < -0.4 is 10.5 Å². The summed E-state index contributed by atoms with van der Waals surface area (Å²) in [5, 5.41) is 11.4. The zero-order valence-electron chi connectivity index (χ0n) is 14.4. The summed E-state index contributed by atoms with van der Waals surface area (Å²) in [6.07, 6.45) is 9.20. The summed E-state index contributed by atoms with van der Waals surface area (Å²) in [5.74, 6) is 0.249. The molecule has 1 aromatic carbocycles. The Bertz CT molecular complexity index is 818. The number of phenols is 1. The van der Waals surface area contributed by atoms with Gasteiger partial charge in [0.05, 0.1) is 18.7 Å². The van der Waals surface area contributed by atoms with E-state index in [4.69, 9.17) is 4.42 Å². The van der Waals surface area contributed by atoms with E-state index < -0.39 is 0 Å². The van der Waals surface area contributed by atoms with Crippen LogP contribution in [-0.2, 0) is 19.4 Å². The minimum Gasteiger partial charge on any atom is -0.507 e. The van der Waals surface area contributed by atoms with Crippen molar-refractivity contribution in [3.05, 3.63) is 39.2 Å².